The molecule has 0 bridgehead atoms. The molecule has 2 N–H and O–H groups in total. The highest BCUT2D eigenvalue weighted by Gasteiger charge is 2.30. The molecule has 1 saturated carbocycles. The lowest BCUT2D eigenvalue weighted by Crippen LogP contribution is -2.40. The lowest BCUT2D eigenvalue weighted by atomic mass is 9.85. The van der Waals surface area contributed by atoms with Crippen LogP contribution in [0.4, 0.5) is 10.1 Å². The molecule has 2 aromatic rings. The number of carbonyl (C=O) groups is 3. The Bertz CT molecular complexity index is 924. The average molecular weight is 424 g/mol. The molecular formula is C19H19ClFN3O5. The van der Waals surface area contributed by atoms with E-state index in [1.165, 1.54) is 19.2 Å². The van der Waals surface area contributed by atoms with Crippen molar-refractivity contribution in [2.75, 3.05) is 12.4 Å². The van der Waals surface area contributed by atoms with Crippen LogP contribution in [-0.2, 0) is 9.53 Å². The number of benzene rings is 1. The second-order valence-corrected chi connectivity index (χ2v) is 7.06. The van der Waals surface area contributed by atoms with Gasteiger partial charge < -0.3 is 19.8 Å². The Morgan fingerprint density at radius 3 is 2.62 bits per heavy atom. The van der Waals surface area contributed by atoms with Gasteiger partial charge in [-0.05, 0) is 43.9 Å². The summed E-state index contributed by atoms with van der Waals surface area (Å²) in [6.07, 6.45) is 3.26. The van der Waals surface area contributed by atoms with E-state index >= 15 is 0 Å². The predicted molar refractivity (Wildman–Crippen MR) is 101 cm³/mol. The second kappa shape index (κ2) is 9.04. The number of carbonyl (C=O) groups excluding carboxylic acids is 3. The van der Waals surface area contributed by atoms with E-state index in [9.17, 15) is 18.8 Å². The van der Waals surface area contributed by atoms with Crippen LogP contribution in [0.15, 0.2) is 29.0 Å². The summed E-state index contributed by atoms with van der Waals surface area (Å²) in [5.41, 5.74) is 0.220. The average Bonchev–Trinajstić information content (AvgIpc) is 3.20. The molecule has 2 amide bonds. The summed E-state index contributed by atoms with van der Waals surface area (Å²) in [6.45, 7) is 0. The summed E-state index contributed by atoms with van der Waals surface area (Å²) in [5, 5.41) is 5.65. The number of anilines is 1. The maximum Gasteiger partial charge on any atom is 0.376 e. The first-order valence-corrected chi connectivity index (χ1v) is 9.35. The molecule has 1 heterocycles. The molecule has 3 rings (SSSR count). The Kier molecular flexibility index (Phi) is 6.48. The van der Waals surface area contributed by atoms with Crippen molar-refractivity contribution in [3.8, 4) is 0 Å². The fraction of sp³-hybridized carbons (Fsp3) is 0.368. The van der Waals surface area contributed by atoms with Crippen molar-refractivity contribution in [1.29, 1.82) is 0 Å². The Morgan fingerprint density at radius 1 is 1.24 bits per heavy atom. The van der Waals surface area contributed by atoms with Gasteiger partial charge in [0.2, 0.25) is 11.7 Å². The van der Waals surface area contributed by atoms with Gasteiger partial charge in [-0.3, -0.25) is 9.59 Å². The second-order valence-electron chi connectivity index (χ2n) is 6.66. The topological polar surface area (TPSA) is 111 Å². The van der Waals surface area contributed by atoms with Gasteiger partial charge in [-0.25, -0.2) is 14.2 Å². The maximum absolute atomic E-state index is 13.1. The number of esters is 1. The van der Waals surface area contributed by atoms with Crippen molar-refractivity contribution in [1.82, 2.24) is 10.3 Å². The van der Waals surface area contributed by atoms with Crippen molar-refractivity contribution < 1.29 is 27.9 Å². The summed E-state index contributed by atoms with van der Waals surface area (Å²) in [6, 6.07) is 3.61. The predicted octanol–water partition coefficient (Wildman–Crippen LogP) is 3.18. The van der Waals surface area contributed by atoms with Crippen LogP contribution in [0.3, 0.4) is 0 Å². The van der Waals surface area contributed by atoms with E-state index in [2.05, 4.69) is 20.4 Å². The molecule has 0 spiro atoms. The van der Waals surface area contributed by atoms with Gasteiger partial charge in [0.05, 0.1) is 17.8 Å². The van der Waals surface area contributed by atoms with Crippen molar-refractivity contribution in [3.05, 3.63) is 46.9 Å². The number of amides is 2. The molecule has 0 radical (unpaired) electrons. The highest BCUT2D eigenvalue weighted by molar-refractivity contribution is 6.33. The number of aromatic nitrogens is 1. The molecule has 10 heteroatoms. The third-order valence-electron chi connectivity index (χ3n) is 4.78. The number of hydrogen-bond acceptors (Lipinski definition) is 6. The van der Waals surface area contributed by atoms with Crippen molar-refractivity contribution in [3.63, 3.8) is 0 Å². The molecule has 0 atom stereocenters. The third kappa shape index (κ3) is 4.92. The first-order valence-electron chi connectivity index (χ1n) is 8.97. The van der Waals surface area contributed by atoms with Crippen LogP contribution >= 0.6 is 11.6 Å². The van der Waals surface area contributed by atoms with Crippen molar-refractivity contribution in [2.45, 2.75) is 31.7 Å². The summed E-state index contributed by atoms with van der Waals surface area (Å²) in [7, 11) is 1.18. The van der Waals surface area contributed by atoms with E-state index in [0.29, 0.717) is 31.4 Å². The van der Waals surface area contributed by atoms with Gasteiger partial charge in [-0.2, -0.15) is 0 Å². The van der Waals surface area contributed by atoms with Crippen LogP contribution in [0.1, 0.15) is 46.7 Å². The zero-order valence-electron chi connectivity index (χ0n) is 15.5. The molecule has 1 aromatic heterocycles. The van der Waals surface area contributed by atoms with Crippen molar-refractivity contribution in [2.24, 2.45) is 5.92 Å². The zero-order valence-corrected chi connectivity index (χ0v) is 16.3. The molecule has 0 unspecified atom stereocenters. The molecule has 1 aliphatic carbocycles. The number of hydrogen-bond donors (Lipinski definition) is 2. The number of rotatable bonds is 5. The van der Waals surface area contributed by atoms with Gasteiger partial charge in [0.15, 0.2) is 12.1 Å². The fourth-order valence-corrected chi connectivity index (χ4v) is 3.44. The quantitative estimate of drug-likeness (QED) is 0.714. The van der Waals surface area contributed by atoms with Crippen LogP contribution in [0, 0.1) is 11.7 Å². The van der Waals surface area contributed by atoms with Gasteiger partial charge >= 0.3 is 5.97 Å². The SMILES string of the molecule is COC(=O)c1ocnc1C(=O)N[C@H]1CC[C@H](C(=O)Nc2ccc(F)cc2Cl)CC1. The molecule has 1 fully saturated rings. The van der Waals surface area contributed by atoms with E-state index in [0.717, 1.165) is 12.5 Å². The summed E-state index contributed by atoms with van der Waals surface area (Å²) >= 11 is 5.94. The van der Waals surface area contributed by atoms with Crippen molar-refractivity contribution >= 4 is 35.1 Å². The summed E-state index contributed by atoms with van der Waals surface area (Å²) < 4.78 is 22.6. The third-order valence-corrected chi connectivity index (χ3v) is 5.09. The monoisotopic (exact) mass is 423 g/mol. The molecule has 0 aliphatic heterocycles. The molecule has 8 nitrogen and oxygen atoms in total. The minimum Gasteiger partial charge on any atom is -0.463 e. The van der Waals surface area contributed by atoms with Gasteiger partial charge in [0.1, 0.15) is 5.82 Å². The number of methoxy groups -OCH3 is 1. The first kappa shape index (κ1) is 20.8. The van der Waals surface area contributed by atoms with E-state index in [1.807, 2.05) is 0 Å². The normalized spacial score (nSPS) is 18.7. The Morgan fingerprint density at radius 2 is 1.97 bits per heavy atom. The maximum atomic E-state index is 13.1. The van der Waals surface area contributed by atoms with Gasteiger partial charge in [0, 0.05) is 12.0 Å². The molecule has 29 heavy (non-hydrogen) atoms. The van der Waals surface area contributed by atoms with Crippen LogP contribution in [-0.4, -0.2) is 35.9 Å². The zero-order chi connectivity index (χ0) is 21.0. The van der Waals surface area contributed by atoms with E-state index in [4.69, 9.17) is 16.0 Å². The van der Waals surface area contributed by atoms with Gasteiger partial charge in [-0.15, -0.1) is 0 Å². The van der Waals surface area contributed by atoms with Gasteiger partial charge in [0.25, 0.3) is 5.91 Å². The largest absolute Gasteiger partial charge is 0.463 e. The molecule has 1 aromatic carbocycles. The van der Waals surface area contributed by atoms with Gasteiger partial charge in [-0.1, -0.05) is 11.6 Å². The lowest BCUT2D eigenvalue weighted by Gasteiger charge is -2.28. The minimum atomic E-state index is -0.785. The fourth-order valence-electron chi connectivity index (χ4n) is 3.22. The molecule has 154 valence electrons. The highest BCUT2D eigenvalue weighted by atomic mass is 35.5. The minimum absolute atomic E-state index is 0.133. The van der Waals surface area contributed by atoms with Crippen LogP contribution < -0.4 is 10.6 Å². The number of oxazole rings is 1. The highest BCUT2D eigenvalue weighted by Crippen LogP contribution is 2.28. The number of nitrogens with one attached hydrogen (secondary N) is 2. The summed E-state index contributed by atoms with van der Waals surface area (Å²) in [4.78, 5) is 40.2. The van der Waals surface area contributed by atoms with Crippen LogP contribution in [0.5, 0.6) is 0 Å². The Hall–Kier alpha value is -2.94. The number of ether oxygens (including phenoxy) is 1. The van der Waals surface area contributed by atoms with E-state index in [-0.39, 0.29) is 34.3 Å². The standard InChI is InChI=1S/C19H19ClFN3O5/c1-28-19(27)16-15(22-9-29-16)18(26)23-12-5-2-10(3-6-12)17(25)24-14-7-4-11(21)8-13(14)20/h4,7-10,12H,2-3,5-6H2,1H3,(H,23,26)(H,24,25)/t10-,12-. The van der Waals surface area contributed by atoms with Crippen LogP contribution in [0.2, 0.25) is 5.02 Å². The number of nitrogens with zero attached hydrogens (tertiary/aromatic N) is 1. The van der Waals surface area contributed by atoms with E-state index in [1.54, 1.807) is 0 Å². The molecule has 1 aliphatic rings. The van der Waals surface area contributed by atoms with E-state index < -0.39 is 17.7 Å². The Labute approximate surface area is 170 Å². The van der Waals surface area contributed by atoms with Crippen LogP contribution in [0.25, 0.3) is 0 Å². The molecular weight excluding hydrogens is 405 g/mol. The molecule has 0 saturated heterocycles. The summed E-state index contributed by atoms with van der Waals surface area (Å²) in [5.74, 6) is -2.51. The smallest absolute Gasteiger partial charge is 0.376 e. The lowest BCUT2D eigenvalue weighted by molar-refractivity contribution is -0.120. The first-order chi connectivity index (χ1) is 13.9. The number of halogens is 2. The Balaban J connectivity index is 1.52.